The molecule has 4 heteroatoms. The molecule has 0 unspecified atom stereocenters. The predicted octanol–water partition coefficient (Wildman–Crippen LogP) is 2.42. The first kappa shape index (κ1) is 10.7. The molecular weight excluding hydrogens is 279 g/mol. The third kappa shape index (κ3) is 3.50. The number of rotatable bonds is 3. The van der Waals surface area contributed by atoms with Crippen LogP contribution in [-0.4, -0.2) is 22.5 Å². The second kappa shape index (κ2) is 4.78. The van der Waals surface area contributed by atoms with Crippen LogP contribution >= 0.6 is 22.9 Å². The Labute approximate surface area is 92.7 Å². The Morgan fingerprint density at radius 1 is 1.31 bits per heavy atom. The molecule has 0 aliphatic carbocycles. The molecule has 13 heavy (non-hydrogen) atoms. The van der Waals surface area contributed by atoms with Crippen molar-refractivity contribution in [2.45, 2.75) is 6.92 Å². The SMILES string of the molecule is Cc1cccc(ON(I)N(C)C)c1. The van der Waals surface area contributed by atoms with Crippen molar-refractivity contribution < 1.29 is 4.84 Å². The van der Waals surface area contributed by atoms with Crippen LogP contribution in [0.4, 0.5) is 0 Å². The summed E-state index contributed by atoms with van der Waals surface area (Å²) < 4.78 is 1.65. The molecule has 1 rings (SSSR count). The number of aryl methyl sites for hydroxylation is 1. The summed E-state index contributed by atoms with van der Waals surface area (Å²) in [4.78, 5) is 5.50. The van der Waals surface area contributed by atoms with E-state index in [9.17, 15) is 0 Å². The van der Waals surface area contributed by atoms with Crippen molar-refractivity contribution in [2.75, 3.05) is 14.1 Å². The van der Waals surface area contributed by atoms with E-state index in [1.54, 1.807) is 3.39 Å². The third-order valence-electron chi connectivity index (χ3n) is 1.48. The minimum absolute atomic E-state index is 0.850. The van der Waals surface area contributed by atoms with Gasteiger partial charge in [0.05, 0.1) is 22.9 Å². The standard InChI is InChI=1S/C9H13IN2O/c1-8-5-4-6-9(7-8)13-12(10)11(2)3/h4-7H,1-3H3. The Morgan fingerprint density at radius 3 is 2.54 bits per heavy atom. The van der Waals surface area contributed by atoms with E-state index >= 15 is 0 Å². The molecule has 0 aliphatic rings. The molecule has 0 saturated heterocycles. The molecule has 0 fully saturated rings. The van der Waals surface area contributed by atoms with Gasteiger partial charge in [-0.3, -0.25) is 0 Å². The Kier molecular flexibility index (Phi) is 3.95. The first-order chi connectivity index (χ1) is 6.09. The van der Waals surface area contributed by atoms with E-state index in [-0.39, 0.29) is 0 Å². The molecule has 1 aromatic carbocycles. The molecule has 0 spiro atoms. The van der Waals surface area contributed by atoms with E-state index < -0.39 is 0 Å². The van der Waals surface area contributed by atoms with E-state index in [0.29, 0.717) is 0 Å². The summed E-state index contributed by atoms with van der Waals surface area (Å²) in [6.07, 6.45) is 0. The minimum atomic E-state index is 0.850. The molecule has 0 bridgehead atoms. The fourth-order valence-corrected chi connectivity index (χ4v) is 1.07. The lowest BCUT2D eigenvalue weighted by atomic mass is 10.2. The van der Waals surface area contributed by atoms with Gasteiger partial charge in [-0.05, 0) is 28.0 Å². The Bertz CT molecular complexity index is 278. The summed E-state index contributed by atoms with van der Waals surface area (Å²) in [7, 11) is 3.84. The third-order valence-corrected chi connectivity index (χ3v) is 2.54. The van der Waals surface area contributed by atoms with Crippen LogP contribution in [0, 0.1) is 6.92 Å². The molecule has 0 aromatic heterocycles. The van der Waals surface area contributed by atoms with Crippen molar-refractivity contribution >= 4 is 22.9 Å². The minimum Gasteiger partial charge on any atom is -0.381 e. The van der Waals surface area contributed by atoms with Gasteiger partial charge in [-0.1, -0.05) is 12.1 Å². The van der Waals surface area contributed by atoms with Crippen molar-refractivity contribution in [1.82, 2.24) is 8.39 Å². The van der Waals surface area contributed by atoms with Crippen molar-refractivity contribution in [3.8, 4) is 5.75 Å². The number of benzene rings is 1. The van der Waals surface area contributed by atoms with E-state index in [1.165, 1.54) is 5.56 Å². The molecule has 0 aliphatic heterocycles. The highest BCUT2D eigenvalue weighted by atomic mass is 127. The van der Waals surface area contributed by atoms with Crippen molar-refractivity contribution in [2.24, 2.45) is 0 Å². The molecule has 0 saturated carbocycles. The van der Waals surface area contributed by atoms with E-state index in [2.05, 4.69) is 22.9 Å². The highest BCUT2D eigenvalue weighted by molar-refractivity contribution is 14.1. The second-order valence-electron chi connectivity index (χ2n) is 2.98. The van der Waals surface area contributed by atoms with Gasteiger partial charge in [0.1, 0.15) is 0 Å². The van der Waals surface area contributed by atoms with Crippen molar-refractivity contribution in [3.63, 3.8) is 0 Å². The molecule has 0 heterocycles. The van der Waals surface area contributed by atoms with Crippen LogP contribution in [0.3, 0.4) is 0 Å². The lowest BCUT2D eigenvalue weighted by Crippen LogP contribution is -2.30. The monoisotopic (exact) mass is 292 g/mol. The smallest absolute Gasteiger partial charge is 0.150 e. The van der Waals surface area contributed by atoms with Gasteiger partial charge in [-0.2, -0.15) is 0 Å². The maximum Gasteiger partial charge on any atom is 0.150 e. The number of nitrogens with zero attached hydrogens (tertiary/aromatic N) is 2. The topological polar surface area (TPSA) is 15.7 Å². The second-order valence-corrected chi connectivity index (χ2v) is 3.81. The average Bonchev–Trinajstić information content (AvgIpc) is 2.04. The fraction of sp³-hybridized carbons (Fsp3) is 0.333. The molecule has 0 radical (unpaired) electrons. The first-order valence-electron chi connectivity index (χ1n) is 3.97. The van der Waals surface area contributed by atoms with Gasteiger partial charge in [0.2, 0.25) is 0 Å². The highest BCUT2D eigenvalue weighted by Gasteiger charge is 2.04. The zero-order valence-corrected chi connectivity index (χ0v) is 10.1. The molecule has 0 amide bonds. The molecular formula is C9H13IN2O. The maximum absolute atomic E-state index is 5.50. The zero-order chi connectivity index (χ0) is 9.84. The summed E-state index contributed by atoms with van der Waals surface area (Å²) in [5.41, 5.74) is 1.20. The first-order valence-corrected chi connectivity index (χ1v) is 4.94. The van der Waals surface area contributed by atoms with Crippen LogP contribution < -0.4 is 4.84 Å². The van der Waals surface area contributed by atoms with Crippen LogP contribution in [-0.2, 0) is 0 Å². The Morgan fingerprint density at radius 2 is 2.00 bits per heavy atom. The Balaban J connectivity index is 2.64. The van der Waals surface area contributed by atoms with Gasteiger partial charge >= 0.3 is 0 Å². The quantitative estimate of drug-likeness (QED) is 0.483. The molecule has 0 N–H and O–H groups in total. The van der Waals surface area contributed by atoms with Crippen molar-refractivity contribution in [1.29, 1.82) is 0 Å². The van der Waals surface area contributed by atoms with Crippen molar-refractivity contribution in [3.05, 3.63) is 29.8 Å². The van der Waals surface area contributed by atoms with Gasteiger partial charge in [-0.15, -0.1) is 0 Å². The molecule has 72 valence electrons. The number of hydrogen-bond donors (Lipinski definition) is 0. The van der Waals surface area contributed by atoms with Crippen LogP contribution in [0.1, 0.15) is 5.56 Å². The van der Waals surface area contributed by atoms with E-state index in [0.717, 1.165) is 5.75 Å². The zero-order valence-electron chi connectivity index (χ0n) is 7.99. The van der Waals surface area contributed by atoms with Gasteiger partial charge in [0.25, 0.3) is 0 Å². The lowest BCUT2D eigenvalue weighted by molar-refractivity contribution is -0.0789. The molecule has 3 nitrogen and oxygen atoms in total. The number of hydrazine groups is 1. The van der Waals surface area contributed by atoms with Gasteiger partial charge in [0.15, 0.2) is 5.75 Å². The van der Waals surface area contributed by atoms with Crippen LogP contribution in [0.5, 0.6) is 5.75 Å². The summed E-state index contributed by atoms with van der Waals surface area (Å²) in [5, 5.41) is 1.85. The number of halogens is 1. The molecule has 0 atom stereocenters. The Hall–Kier alpha value is -0.330. The number of hydrogen-bond acceptors (Lipinski definition) is 3. The summed E-state index contributed by atoms with van der Waals surface area (Å²) in [6.45, 7) is 2.04. The van der Waals surface area contributed by atoms with Gasteiger partial charge in [0, 0.05) is 14.1 Å². The average molecular weight is 292 g/mol. The fourth-order valence-electron chi connectivity index (χ4n) is 0.841. The largest absolute Gasteiger partial charge is 0.381 e. The van der Waals surface area contributed by atoms with Crippen LogP contribution in [0.15, 0.2) is 24.3 Å². The lowest BCUT2D eigenvalue weighted by Gasteiger charge is -2.21. The summed E-state index contributed by atoms with van der Waals surface area (Å²) in [5.74, 6) is 0.850. The predicted molar refractivity (Wildman–Crippen MR) is 61.4 cm³/mol. The van der Waals surface area contributed by atoms with Gasteiger partial charge < -0.3 is 4.84 Å². The summed E-state index contributed by atoms with van der Waals surface area (Å²) >= 11 is 2.08. The van der Waals surface area contributed by atoms with Crippen LogP contribution in [0.2, 0.25) is 0 Å². The molecule has 1 aromatic rings. The normalized spacial score (nSPS) is 10.9. The van der Waals surface area contributed by atoms with Crippen LogP contribution in [0.25, 0.3) is 0 Å². The maximum atomic E-state index is 5.50. The van der Waals surface area contributed by atoms with E-state index in [4.69, 9.17) is 4.84 Å². The van der Waals surface area contributed by atoms with E-state index in [1.807, 2.05) is 50.3 Å². The summed E-state index contributed by atoms with van der Waals surface area (Å²) in [6, 6.07) is 7.95. The van der Waals surface area contributed by atoms with Gasteiger partial charge in [-0.25, -0.2) is 5.01 Å². The highest BCUT2D eigenvalue weighted by Crippen LogP contribution is 2.15.